The quantitative estimate of drug-likeness (QED) is 0.888. The van der Waals surface area contributed by atoms with E-state index < -0.39 is 0 Å². The molecule has 0 saturated heterocycles. The molecular weight excluding hydrogens is 283 g/mol. The number of amides is 1. The van der Waals surface area contributed by atoms with Gasteiger partial charge in [-0.2, -0.15) is 0 Å². The molecule has 0 aliphatic rings. The van der Waals surface area contributed by atoms with Crippen LogP contribution in [0.3, 0.4) is 0 Å². The standard InChI is InChI=1S/C17H19FN2O2/c1-11-4-6-14(13(18)8-11)19-10-17(21)20-15-9-12(2)5-7-16(15)22-3/h4-9,19H,10H2,1-3H3,(H,20,21). The number of methoxy groups -OCH3 is 1. The first-order valence-electron chi connectivity index (χ1n) is 6.94. The van der Waals surface area contributed by atoms with Crippen LogP contribution in [0, 0.1) is 19.7 Å². The van der Waals surface area contributed by atoms with Gasteiger partial charge in [0.2, 0.25) is 5.91 Å². The van der Waals surface area contributed by atoms with Crippen LogP contribution in [-0.2, 0) is 4.79 Å². The van der Waals surface area contributed by atoms with Crippen LogP contribution >= 0.6 is 0 Å². The van der Waals surface area contributed by atoms with Crippen LogP contribution in [0.25, 0.3) is 0 Å². The van der Waals surface area contributed by atoms with E-state index in [9.17, 15) is 9.18 Å². The van der Waals surface area contributed by atoms with Gasteiger partial charge in [-0.3, -0.25) is 4.79 Å². The van der Waals surface area contributed by atoms with Gasteiger partial charge < -0.3 is 15.4 Å². The Morgan fingerprint density at radius 1 is 1.09 bits per heavy atom. The first-order valence-corrected chi connectivity index (χ1v) is 6.94. The smallest absolute Gasteiger partial charge is 0.243 e. The Labute approximate surface area is 129 Å². The summed E-state index contributed by atoms with van der Waals surface area (Å²) in [5.41, 5.74) is 2.74. The molecule has 0 atom stereocenters. The summed E-state index contributed by atoms with van der Waals surface area (Å²) in [4.78, 5) is 12.0. The largest absolute Gasteiger partial charge is 0.495 e. The van der Waals surface area contributed by atoms with E-state index in [2.05, 4.69) is 10.6 Å². The number of aryl methyl sites for hydroxylation is 2. The van der Waals surface area contributed by atoms with Crippen molar-refractivity contribution in [2.75, 3.05) is 24.3 Å². The minimum atomic E-state index is -0.374. The Balaban J connectivity index is 2.00. The maximum absolute atomic E-state index is 13.7. The lowest BCUT2D eigenvalue weighted by Gasteiger charge is -2.12. The van der Waals surface area contributed by atoms with E-state index in [1.165, 1.54) is 6.07 Å². The number of anilines is 2. The molecule has 5 heteroatoms. The normalized spacial score (nSPS) is 10.2. The Hall–Kier alpha value is -2.56. The molecular formula is C17H19FN2O2. The van der Waals surface area contributed by atoms with Crippen LogP contribution in [0.2, 0.25) is 0 Å². The molecule has 4 nitrogen and oxygen atoms in total. The summed E-state index contributed by atoms with van der Waals surface area (Å²) in [6, 6.07) is 10.3. The monoisotopic (exact) mass is 302 g/mol. The van der Waals surface area contributed by atoms with Crippen LogP contribution in [-0.4, -0.2) is 19.6 Å². The summed E-state index contributed by atoms with van der Waals surface area (Å²) in [5, 5.41) is 5.54. The van der Waals surface area contributed by atoms with Gasteiger partial charge in [0, 0.05) is 0 Å². The molecule has 0 radical (unpaired) electrons. The number of benzene rings is 2. The second-order valence-electron chi connectivity index (χ2n) is 5.09. The fourth-order valence-corrected chi connectivity index (χ4v) is 2.05. The number of hydrogen-bond donors (Lipinski definition) is 2. The predicted octanol–water partition coefficient (Wildman–Crippen LogP) is 3.50. The average molecular weight is 302 g/mol. The Kier molecular flexibility index (Phi) is 4.99. The van der Waals surface area contributed by atoms with E-state index in [-0.39, 0.29) is 18.3 Å². The van der Waals surface area contributed by atoms with Crippen molar-refractivity contribution >= 4 is 17.3 Å². The molecule has 0 heterocycles. The van der Waals surface area contributed by atoms with Crippen LogP contribution in [0.1, 0.15) is 11.1 Å². The summed E-state index contributed by atoms with van der Waals surface area (Å²) in [7, 11) is 1.54. The zero-order valence-electron chi connectivity index (χ0n) is 12.9. The Morgan fingerprint density at radius 3 is 2.45 bits per heavy atom. The molecule has 0 unspecified atom stereocenters. The molecule has 0 spiro atoms. The number of ether oxygens (including phenoxy) is 1. The highest BCUT2D eigenvalue weighted by Gasteiger charge is 2.09. The molecule has 2 N–H and O–H groups in total. The summed E-state index contributed by atoms with van der Waals surface area (Å²) >= 11 is 0. The lowest BCUT2D eigenvalue weighted by Crippen LogP contribution is -2.22. The van der Waals surface area contributed by atoms with E-state index in [0.717, 1.165) is 11.1 Å². The fourth-order valence-electron chi connectivity index (χ4n) is 2.05. The molecule has 0 aromatic heterocycles. The molecule has 0 bridgehead atoms. The van der Waals surface area contributed by atoms with Gasteiger partial charge in [0.1, 0.15) is 11.6 Å². The third-order valence-corrected chi connectivity index (χ3v) is 3.19. The SMILES string of the molecule is COc1ccc(C)cc1NC(=O)CNc1ccc(C)cc1F. The molecule has 0 fully saturated rings. The van der Waals surface area contributed by atoms with Crippen molar-refractivity contribution < 1.29 is 13.9 Å². The van der Waals surface area contributed by atoms with Crippen molar-refractivity contribution in [1.82, 2.24) is 0 Å². The highest BCUT2D eigenvalue weighted by molar-refractivity contribution is 5.95. The molecule has 2 rings (SSSR count). The zero-order chi connectivity index (χ0) is 16.1. The second kappa shape index (κ2) is 6.93. The van der Waals surface area contributed by atoms with Crippen molar-refractivity contribution in [2.24, 2.45) is 0 Å². The van der Waals surface area contributed by atoms with E-state index >= 15 is 0 Å². The fraction of sp³-hybridized carbons (Fsp3) is 0.235. The Morgan fingerprint density at radius 2 is 1.77 bits per heavy atom. The average Bonchev–Trinajstić information content (AvgIpc) is 2.46. The first-order chi connectivity index (χ1) is 10.5. The number of carbonyl (C=O) groups is 1. The Bertz CT molecular complexity index is 686. The topological polar surface area (TPSA) is 50.4 Å². The lowest BCUT2D eigenvalue weighted by atomic mass is 10.2. The maximum atomic E-state index is 13.7. The number of hydrogen-bond acceptors (Lipinski definition) is 3. The second-order valence-corrected chi connectivity index (χ2v) is 5.09. The van der Waals surface area contributed by atoms with Gasteiger partial charge in [-0.05, 0) is 49.2 Å². The maximum Gasteiger partial charge on any atom is 0.243 e. The van der Waals surface area contributed by atoms with Crippen molar-refractivity contribution in [3.8, 4) is 5.75 Å². The molecule has 116 valence electrons. The minimum absolute atomic E-state index is 0.0307. The van der Waals surface area contributed by atoms with Gasteiger partial charge in [-0.1, -0.05) is 12.1 Å². The number of rotatable bonds is 5. The van der Waals surface area contributed by atoms with Gasteiger partial charge in [-0.15, -0.1) is 0 Å². The van der Waals surface area contributed by atoms with E-state index in [1.807, 2.05) is 26.0 Å². The minimum Gasteiger partial charge on any atom is -0.495 e. The van der Waals surface area contributed by atoms with Crippen molar-refractivity contribution in [3.05, 3.63) is 53.3 Å². The molecule has 2 aromatic carbocycles. The molecule has 22 heavy (non-hydrogen) atoms. The summed E-state index contributed by atoms with van der Waals surface area (Å²) in [6.07, 6.45) is 0. The van der Waals surface area contributed by atoms with Crippen LogP contribution in [0.5, 0.6) is 5.75 Å². The van der Waals surface area contributed by atoms with Crippen molar-refractivity contribution in [2.45, 2.75) is 13.8 Å². The van der Waals surface area contributed by atoms with Gasteiger partial charge in [0.25, 0.3) is 0 Å². The van der Waals surface area contributed by atoms with Gasteiger partial charge in [0.15, 0.2) is 0 Å². The zero-order valence-corrected chi connectivity index (χ0v) is 12.9. The first kappa shape index (κ1) is 15.8. The predicted molar refractivity (Wildman–Crippen MR) is 86.0 cm³/mol. The van der Waals surface area contributed by atoms with Crippen LogP contribution in [0.15, 0.2) is 36.4 Å². The van der Waals surface area contributed by atoms with Crippen LogP contribution in [0.4, 0.5) is 15.8 Å². The molecule has 0 aliphatic heterocycles. The van der Waals surface area contributed by atoms with Gasteiger partial charge >= 0.3 is 0 Å². The third-order valence-electron chi connectivity index (χ3n) is 3.19. The highest BCUT2D eigenvalue weighted by atomic mass is 19.1. The molecule has 0 saturated carbocycles. The summed E-state index contributed by atoms with van der Waals surface area (Å²) in [6.45, 7) is 3.70. The van der Waals surface area contributed by atoms with E-state index in [0.29, 0.717) is 17.1 Å². The van der Waals surface area contributed by atoms with E-state index in [4.69, 9.17) is 4.74 Å². The third kappa shape index (κ3) is 3.97. The van der Waals surface area contributed by atoms with Gasteiger partial charge in [-0.25, -0.2) is 4.39 Å². The lowest BCUT2D eigenvalue weighted by molar-refractivity contribution is -0.114. The number of carbonyl (C=O) groups excluding carboxylic acids is 1. The number of nitrogens with one attached hydrogen (secondary N) is 2. The highest BCUT2D eigenvalue weighted by Crippen LogP contribution is 2.25. The van der Waals surface area contributed by atoms with Gasteiger partial charge in [0.05, 0.1) is 25.0 Å². The van der Waals surface area contributed by atoms with Crippen molar-refractivity contribution in [1.29, 1.82) is 0 Å². The number of halogens is 1. The summed E-state index contributed by atoms with van der Waals surface area (Å²) < 4.78 is 18.9. The van der Waals surface area contributed by atoms with Crippen LogP contribution < -0.4 is 15.4 Å². The molecule has 1 amide bonds. The van der Waals surface area contributed by atoms with E-state index in [1.54, 1.807) is 25.3 Å². The molecule has 0 aliphatic carbocycles. The molecule has 2 aromatic rings. The van der Waals surface area contributed by atoms with Crippen molar-refractivity contribution in [3.63, 3.8) is 0 Å². The summed E-state index contributed by atoms with van der Waals surface area (Å²) in [5.74, 6) is -0.0646.